The van der Waals surface area contributed by atoms with Gasteiger partial charge < -0.3 is 20.9 Å². The average molecular weight is 530 g/mol. The number of benzene rings is 2. The molecule has 2 aromatic carbocycles. The van der Waals surface area contributed by atoms with Crippen molar-refractivity contribution >= 4 is 39.6 Å². The van der Waals surface area contributed by atoms with Crippen LogP contribution in [0.5, 0.6) is 0 Å². The number of nitrogens with one attached hydrogen (secondary N) is 2. The number of carbonyl (C=O) groups excluding carboxylic acids is 1. The fraction of sp³-hybridized carbons (Fsp3) is 0.286. The van der Waals surface area contributed by atoms with Crippen LogP contribution < -0.4 is 16.4 Å². The van der Waals surface area contributed by atoms with Crippen LogP contribution in [-0.2, 0) is 11.3 Å². The van der Waals surface area contributed by atoms with Crippen LogP contribution >= 0.6 is 11.3 Å². The van der Waals surface area contributed by atoms with Gasteiger partial charge in [-0.1, -0.05) is 40.8 Å². The highest BCUT2D eigenvalue weighted by molar-refractivity contribution is 7.19. The molecule has 3 heterocycles. The molecule has 0 aliphatic carbocycles. The number of carbonyl (C=O) groups is 1. The van der Waals surface area contributed by atoms with E-state index in [0.717, 1.165) is 23.4 Å². The van der Waals surface area contributed by atoms with Crippen molar-refractivity contribution in [2.24, 2.45) is 0 Å². The Kier molecular flexibility index (Phi) is 7.52. The van der Waals surface area contributed by atoms with Crippen LogP contribution in [0.15, 0.2) is 58.6 Å². The van der Waals surface area contributed by atoms with E-state index in [4.69, 9.17) is 10.3 Å². The van der Waals surface area contributed by atoms with Crippen LogP contribution in [0.2, 0.25) is 0 Å². The molecular weight excluding hydrogens is 498 g/mol. The number of rotatable bonds is 8. The maximum atomic E-state index is 12.3. The predicted octanol–water partition coefficient (Wildman–Crippen LogP) is 5.99. The first kappa shape index (κ1) is 25.6. The summed E-state index contributed by atoms with van der Waals surface area (Å²) in [5, 5.41) is 11.0. The highest BCUT2D eigenvalue weighted by atomic mass is 32.1. The van der Waals surface area contributed by atoms with Gasteiger partial charge >= 0.3 is 0 Å². The summed E-state index contributed by atoms with van der Waals surface area (Å²) in [6.45, 7) is 8.89. The number of amides is 1. The molecule has 0 saturated carbocycles. The third-order valence-corrected chi connectivity index (χ3v) is 7.59. The molecule has 196 valence electrons. The van der Waals surface area contributed by atoms with E-state index in [0.29, 0.717) is 38.8 Å². The molecule has 1 aliphatic rings. The number of hydrogen-bond acceptors (Lipinski definition) is 9. The normalized spacial score (nSPS) is 14.1. The molecule has 2 aromatic heterocycles. The van der Waals surface area contributed by atoms with E-state index in [1.54, 1.807) is 13.0 Å². The number of anilines is 4. The van der Waals surface area contributed by atoms with Crippen molar-refractivity contribution in [1.82, 2.24) is 20.0 Å². The maximum Gasteiger partial charge on any atom is 0.272 e. The van der Waals surface area contributed by atoms with E-state index in [1.807, 2.05) is 32.0 Å². The Bertz CT molecular complexity index is 1470. The molecule has 38 heavy (non-hydrogen) atoms. The van der Waals surface area contributed by atoms with E-state index >= 15 is 0 Å². The number of nitrogens with zero attached hydrogens (tertiary/aromatic N) is 4. The minimum absolute atomic E-state index is 0.158. The Morgan fingerprint density at radius 3 is 2.61 bits per heavy atom. The van der Waals surface area contributed by atoms with Crippen molar-refractivity contribution in [3.63, 3.8) is 0 Å². The van der Waals surface area contributed by atoms with Crippen molar-refractivity contribution in [2.45, 2.75) is 40.2 Å². The van der Waals surface area contributed by atoms with Gasteiger partial charge in [0, 0.05) is 29.1 Å². The second-order valence-corrected chi connectivity index (χ2v) is 10.4. The van der Waals surface area contributed by atoms with Crippen molar-refractivity contribution in [2.75, 3.05) is 29.5 Å². The lowest BCUT2D eigenvalue weighted by atomic mass is 10.1. The SMILES string of the molecule is CC=C(C)C(=O)Nc1ccc(C)c(-c2noc(-c3sc(Nc4ccc(CN5CCCC5)cc4)nc3N)n2)c1. The minimum atomic E-state index is -0.158. The summed E-state index contributed by atoms with van der Waals surface area (Å²) in [7, 11) is 0. The van der Waals surface area contributed by atoms with Crippen LogP contribution in [0.4, 0.5) is 22.3 Å². The standard InChI is InChI=1S/C28H31N7O2S/c1-4-17(2)26(36)30-21-10-7-18(3)22(15-21)25-33-27(37-34-25)23-24(29)32-28(38-23)31-20-11-8-19(9-12-20)16-35-13-5-6-14-35/h4,7-12,15H,5-6,13-14,16,29H2,1-3H3,(H,30,36)(H,31,32). The number of aromatic nitrogens is 3. The second kappa shape index (κ2) is 11.2. The maximum absolute atomic E-state index is 12.3. The number of hydrogen-bond donors (Lipinski definition) is 3. The molecule has 0 bridgehead atoms. The van der Waals surface area contributed by atoms with Crippen LogP contribution in [0.25, 0.3) is 22.2 Å². The Morgan fingerprint density at radius 2 is 1.87 bits per heavy atom. The molecule has 9 nitrogen and oxygen atoms in total. The lowest BCUT2D eigenvalue weighted by molar-refractivity contribution is -0.112. The average Bonchev–Trinajstić information content (AvgIpc) is 3.67. The van der Waals surface area contributed by atoms with Gasteiger partial charge in [0.05, 0.1) is 0 Å². The van der Waals surface area contributed by atoms with Crippen LogP contribution in [0, 0.1) is 6.92 Å². The molecule has 1 saturated heterocycles. The van der Waals surface area contributed by atoms with Gasteiger partial charge in [-0.2, -0.15) is 4.98 Å². The zero-order valence-electron chi connectivity index (χ0n) is 21.7. The summed E-state index contributed by atoms with van der Waals surface area (Å²) >= 11 is 1.35. The molecule has 0 radical (unpaired) electrons. The Balaban J connectivity index is 1.30. The first-order chi connectivity index (χ1) is 18.4. The number of nitrogen functional groups attached to an aromatic ring is 1. The summed E-state index contributed by atoms with van der Waals surface area (Å²) < 4.78 is 5.56. The molecule has 1 fully saturated rings. The molecule has 4 aromatic rings. The minimum Gasteiger partial charge on any atom is -0.382 e. The third-order valence-electron chi connectivity index (χ3n) is 6.61. The number of aryl methyl sites for hydroxylation is 1. The fourth-order valence-corrected chi connectivity index (χ4v) is 5.11. The van der Waals surface area contributed by atoms with Gasteiger partial charge in [0.2, 0.25) is 5.82 Å². The third kappa shape index (κ3) is 5.76. The Morgan fingerprint density at radius 1 is 1.13 bits per heavy atom. The Hall–Kier alpha value is -4.02. The van der Waals surface area contributed by atoms with E-state index in [1.165, 1.54) is 42.8 Å². The Labute approximate surface area is 225 Å². The van der Waals surface area contributed by atoms with Crippen LogP contribution in [-0.4, -0.2) is 39.0 Å². The van der Waals surface area contributed by atoms with Gasteiger partial charge in [-0.05, 0) is 82.1 Å². The summed E-state index contributed by atoms with van der Waals surface area (Å²) in [4.78, 5) is 24.4. The van der Waals surface area contributed by atoms with Crippen molar-refractivity contribution < 1.29 is 9.32 Å². The molecule has 1 amide bonds. The monoisotopic (exact) mass is 529 g/mol. The molecule has 5 rings (SSSR count). The lowest BCUT2D eigenvalue weighted by Crippen LogP contribution is -2.18. The molecule has 4 N–H and O–H groups in total. The largest absolute Gasteiger partial charge is 0.382 e. The molecule has 10 heteroatoms. The van der Waals surface area contributed by atoms with Crippen LogP contribution in [0.3, 0.4) is 0 Å². The van der Waals surface area contributed by atoms with Gasteiger partial charge in [-0.15, -0.1) is 0 Å². The van der Waals surface area contributed by atoms with Gasteiger partial charge in [0.15, 0.2) is 5.13 Å². The second-order valence-electron chi connectivity index (χ2n) is 9.42. The first-order valence-corrected chi connectivity index (χ1v) is 13.4. The quantitative estimate of drug-likeness (QED) is 0.238. The van der Waals surface area contributed by atoms with E-state index in [9.17, 15) is 4.79 Å². The topological polar surface area (TPSA) is 122 Å². The van der Waals surface area contributed by atoms with Gasteiger partial charge in [-0.25, -0.2) is 4.98 Å². The fourth-order valence-electron chi connectivity index (χ4n) is 4.28. The summed E-state index contributed by atoms with van der Waals surface area (Å²) in [5.74, 6) is 0.864. The van der Waals surface area contributed by atoms with Crippen LogP contribution in [0.1, 0.15) is 37.8 Å². The molecule has 0 unspecified atom stereocenters. The highest BCUT2D eigenvalue weighted by Crippen LogP contribution is 2.36. The summed E-state index contributed by atoms with van der Waals surface area (Å²) in [6.07, 6.45) is 4.34. The van der Waals surface area contributed by atoms with E-state index < -0.39 is 0 Å². The molecule has 1 aliphatic heterocycles. The summed E-state index contributed by atoms with van der Waals surface area (Å²) in [6, 6.07) is 14.0. The van der Waals surface area contributed by atoms with Crippen molar-refractivity contribution in [3.05, 3.63) is 65.2 Å². The lowest BCUT2D eigenvalue weighted by Gasteiger charge is -2.14. The number of thiazole rings is 1. The van der Waals surface area contributed by atoms with Gasteiger partial charge in [0.25, 0.3) is 11.8 Å². The number of likely N-dealkylation sites (tertiary alicyclic amines) is 1. The summed E-state index contributed by atoms with van der Waals surface area (Å²) in [5.41, 5.74) is 11.4. The van der Waals surface area contributed by atoms with E-state index in [2.05, 4.69) is 54.9 Å². The molecular formula is C28H31N7O2S. The van der Waals surface area contributed by atoms with E-state index in [-0.39, 0.29) is 5.91 Å². The number of allylic oxidation sites excluding steroid dienone is 1. The zero-order valence-corrected chi connectivity index (χ0v) is 22.6. The van der Waals surface area contributed by atoms with Gasteiger partial charge in [-0.3, -0.25) is 9.69 Å². The molecule has 0 atom stereocenters. The van der Waals surface area contributed by atoms with Crippen molar-refractivity contribution in [1.29, 1.82) is 0 Å². The number of nitrogens with two attached hydrogens (primary N) is 1. The smallest absolute Gasteiger partial charge is 0.272 e. The predicted molar refractivity (Wildman–Crippen MR) is 152 cm³/mol. The molecule has 0 spiro atoms. The van der Waals surface area contributed by atoms with Crippen molar-refractivity contribution in [3.8, 4) is 22.2 Å². The first-order valence-electron chi connectivity index (χ1n) is 12.6. The highest BCUT2D eigenvalue weighted by Gasteiger charge is 2.20. The zero-order chi connectivity index (χ0) is 26.6. The van der Waals surface area contributed by atoms with Gasteiger partial charge in [0.1, 0.15) is 10.7 Å².